The first-order valence-electron chi connectivity index (χ1n) is 7.94. The summed E-state index contributed by atoms with van der Waals surface area (Å²) in [6.45, 7) is 4.25. The van der Waals surface area contributed by atoms with Crippen LogP contribution in [-0.2, 0) is 0 Å². The SMILES string of the molecule is C[C@@H]1CCCN(c2ccc3nnc(-c4ccccc4F)n3n2)C1. The van der Waals surface area contributed by atoms with Crippen LogP contribution in [0.25, 0.3) is 17.0 Å². The van der Waals surface area contributed by atoms with E-state index >= 15 is 0 Å². The fraction of sp³-hybridized carbons (Fsp3) is 0.353. The van der Waals surface area contributed by atoms with Crippen LogP contribution >= 0.6 is 0 Å². The molecule has 0 aliphatic carbocycles. The Morgan fingerprint density at radius 1 is 1.13 bits per heavy atom. The molecular formula is C17H18FN5. The second-order valence-electron chi connectivity index (χ2n) is 6.16. The zero-order valence-electron chi connectivity index (χ0n) is 13.0. The maximum atomic E-state index is 14.1. The number of aromatic nitrogens is 4. The molecule has 0 saturated carbocycles. The average Bonchev–Trinajstić information content (AvgIpc) is 2.98. The first kappa shape index (κ1) is 14.1. The molecule has 6 heteroatoms. The van der Waals surface area contributed by atoms with Crippen molar-refractivity contribution in [3.8, 4) is 11.4 Å². The highest BCUT2D eigenvalue weighted by molar-refractivity contribution is 5.60. The molecule has 1 fully saturated rings. The lowest BCUT2D eigenvalue weighted by molar-refractivity contribution is 0.443. The third-order valence-corrected chi connectivity index (χ3v) is 4.34. The monoisotopic (exact) mass is 311 g/mol. The van der Waals surface area contributed by atoms with Crippen LogP contribution in [0.5, 0.6) is 0 Å². The zero-order valence-corrected chi connectivity index (χ0v) is 13.0. The Kier molecular flexibility index (Phi) is 3.44. The summed E-state index contributed by atoms with van der Waals surface area (Å²) in [5.41, 5.74) is 1.04. The molecule has 0 unspecified atom stereocenters. The van der Waals surface area contributed by atoms with Gasteiger partial charge in [0.1, 0.15) is 11.6 Å². The number of halogens is 1. The number of benzene rings is 1. The molecule has 118 valence electrons. The van der Waals surface area contributed by atoms with Gasteiger partial charge in [0, 0.05) is 13.1 Å². The van der Waals surface area contributed by atoms with Crippen molar-refractivity contribution >= 4 is 11.5 Å². The topological polar surface area (TPSA) is 46.3 Å². The molecular weight excluding hydrogens is 293 g/mol. The molecule has 1 aliphatic heterocycles. The van der Waals surface area contributed by atoms with E-state index in [1.54, 1.807) is 22.7 Å². The summed E-state index contributed by atoms with van der Waals surface area (Å²) in [5, 5.41) is 12.9. The van der Waals surface area contributed by atoms with E-state index in [9.17, 15) is 4.39 Å². The lowest BCUT2D eigenvalue weighted by Crippen LogP contribution is -2.35. The number of anilines is 1. The van der Waals surface area contributed by atoms with Gasteiger partial charge in [0.25, 0.3) is 0 Å². The van der Waals surface area contributed by atoms with Crippen molar-refractivity contribution in [2.45, 2.75) is 19.8 Å². The Morgan fingerprint density at radius 3 is 2.83 bits per heavy atom. The largest absolute Gasteiger partial charge is 0.355 e. The molecule has 4 rings (SSSR count). The quantitative estimate of drug-likeness (QED) is 0.729. The van der Waals surface area contributed by atoms with Gasteiger partial charge in [0.15, 0.2) is 11.5 Å². The highest BCUT2D eigenvalue weighted by Gasteiger charge is 2.19. The number of piperidine rings is 1. The Morgan fingerprint density at radius 2 is 2.00 bits per heavy atom. The molecule has 5 nitrogen and oxygen atoms in total. The van der Waals surface area contributed by atoms with Gasteiger partial charge in [-0.3, -0.25) is 0 Å². The van der Waals surface area contributed by atoms with Crippen LogP contribution in [0.3, 0.4) is 0 Å². The predicted molar refractivity (Wildman–Crippen MR) is 86.8 cm³/mol. The first-order valence-corrected chi connectivity index (χ1v) is 7.94. The Hall–Kier alpha value is -2.50. The minimum absolute atomic E-state index is 0.319. The van der Waals surface area contributed by atoms with E-state index in [0.29, 0.717) is 23.0 Å². The first-order chi connectivity index (χ1) is 11.2. The average molecular weight is 311 g/mol. The summed E-state index contributed by atoms with van der Waals surface area (Å²) in [7, 11) is 0. The van der Waals surface area contributed by atoms with Crippen molar-refractivity contribution in [3.63, 3.8) is 0 Å². The van der Waals surface area contributed by atoms with Gasteiger partial charge in [-0.25, -0.2) is 4.39 Å². The van der Waals surface area contributed by atoms with E-state index in [4.69, 9.17) is 0 Å². The fourth-order valence-electron chi connectivity index (χ4n) is 3.16. The number of hydrogen-bond donors (Lipinski definition) is 0. The maximum Gasteiger partial charge on any atom is 0.188 e. The third-order valence-electron chi connectivity index (χ3n) is 4.34. The Labute approximate surface area is 133 Å². The third kappa shape index (κ3) is 2.54. The molecule has 0 amide bonds. The summed E-state index contributed by atoms with van der Waals surface area (Å²) in [6.07, 6.45) is 2.43. The lowest BCUT2D eigenvalue weighted by atomic mass is 10.0. The second kappa shape index (κ2) is 5.61. The van der Waals surface area contributed by atoms with Crippen LogP contribution in [0.15, 0.2) is 36.4 Å². The van der Waals surface area contributed by atoms with Gasteiger partial charge in [-0.1, -0.05) is 19.1 Å². The number of fused-ring (bicyclic) bond motifs is 1. The number of hydrogen-bond acceptors (Lipinski definition) is 4. The molecule has 0 bridgehead atoms. The molecule has 2 aromatic heterocycles. The van der Waals surface area contributed by atoms with E-state index in [-0.39, 0.29) is 5.82 Å². The second-order valence-corrected chi connectivity index (χ2v) is 6.16. The van der Waals surface area contributed by atoms with Crippen molar-refractivity contribution in [1.29, 1.82) is 0 Å². The summed E-state index contributed by atoms with van der Waals surface area (Å²) >= 11 is 0. The normalized spacial score (nSPS) is 18.5. The summed E-state index contributed by atoms with van der Waals surface area (Å²) in [4.78, 5) is 2.28. The number of nitrogens with zero attached hydrogens (tertiary/aromatic N) is 5. The fourth-order valence-corrected chi connectivity index (χ4v) is 3.16. The minimum Gasteiger partial charge on any atom is -0.355 e. The Bertz CT molecular complexity index is 844. The standard InChI is InChI=1S/C17H18FN5/c1-12-5-4-10-22(11-12)16-9-8-15-19-20-17(23(15)21-16)13-6-2-3-7-14(13)18/h2-3,6-9,12H,4-5,10-11H2,1H3/t12-/m1/s1. The summed E-state index contributed by atoms with van der Waals surface area (Å²) < 4.78 is 15.7. The predicted octanol–water partition coefficient (Wildman–Crippen LogP) is 3.17. The van der Waals surface area contributed by atoms with Crippen molar-refractivity contribution in [3.05, 3.63) is 42.2 Å². The lowest BCUT2D eigenvalue weighted by Gasteiger charge is -2.31. The van der Waals surface area contributed by atoms with E-state index in [1.165, 1.54) is 18.9 Å². The molecule has 1 aromatic carbocycles. The molecule has 0 N–H and O–H groups in total. The number of rotatable bonds is 2. The van der Waals surface area contributed by atoms with Crippen LogP contribution in [0, 0.1) is 11.7 Å². The molecule has 3 heterocycles. The summed E-state index contributed by atoms with van der Waals surface area (Å²) in [6, 6.07) is 10.4. The minimum atomic E-state index is -0.319. The molecule has 23 heavy (non-hydrogen) atoms. The molecule has 0 spiro atoms. The summed E-state index contributed by atoms with van der Waals surface area (Å²) in [5.74, 6) is 1.67. The van der Waals surface area contributed by atoms with Gasteiger partial charge in [-0.2, -0.15) is 4.52 Å². The molecule has 1 saturated heterocycles. The van der Waals surface area contributed by atoms with Crippen LogP contribution in [-0.4, -0.2) is 32.9 Å². The molecule has 0 radical (unpaired) electrons. The highest BCUT2D eigenvalue weighted by atomic mass is 19.1. The van der Waals surface area contributed by atoms with E-state index < -0.39 is 0 Å². The van der Waals surface area contributed by atoms with Crippen molar-refractivity contribution < 1.29 is 4.39 Å². The highest BCUT2D eigenvalue weighted by Crippen LogP contribution is 2.24. The van der Waals surface area contributed by atoms with Gasteiger partial charge in [-0.05, 0) is 43.0 Å². The van der Waals surface area contributed by atoms with Crippen LogP contribution < -0.4 is 4.90 Å². The van der Waals surface area contributed by atoms with E-state index in [2.05, 4.69) is 27.1 Å². The molecule has 3 aromatic rings. The maximum absolute atomic E-state index is 14.1. The van der Waals surface area contributed by atoms with Crippen LogP contribution in [0.2, 0.25) is 0 Å². The Balaban J connectivity index is 1.79. The molecule has 1 atom stereocenters. The van der Waals surface area contributed by atoms with Gasteiger partial charge in [0.2, 0.25) is 0 Å². The van der Waals surface area contributed by atoms with Gasteiger partial charge >= 0.3 is 0 Å². The van der Waals surface area contributed by atoms with Gasteiger partial charge in [0.05, 0.1) is 5.56 Å². The zero-order chi connectivity index (χ0) is 15.8. The smallest absolute Gasteiger partial charge is 0.188 e. The van der Waals surface area contributed by atoms with Gasteiger partial charge < -0.3 is 4.90 Å². The van der Waals surface area contributed by atoms with Crippen LogP contribution in [0.4, 0.5) is 10.2 Å². The van der Waals surface area contributed by atoms with Crippen LogP contribution in [0.1, 0.15) is 19.8 Å². The van der Waals surface area contributed by atoms with Crippen molar-refractivity contribution in [2.75, 3.05) is 18.0 Å². The van der Waals surface area contributed by atoms with E-state index in [1.807, 2.05) is 12.1 Å². The van der Waals surface area contributed by atoms with Crippen molar-refractivity contribution in [1.82, 2.24) is 19.8 Å². The molecule has 1 aliphatic rings. The van der Waals surface area contributed by atoms with Crippen molar-refractivity contribution in [2.24, 2.45) is 5.92 Å². The van der Waals surface area contributed by atoms with Gasteiger partial charge in [-0.15, -0.1) is 15.3 Å². The van der Waals surface area contributed by atoms with E-state index in [0.717, 1.165) is 18.9 Å².